The van der Waals surface area contributed by atoms with Crippen molar-refractivity contribution in [3.63, 3.8) is 0 Å². The molecule has 9 heteroatoms. The second-order valence-electron chi connectivity index (χ2n) is 4.31. The summed E-state index contributed by atoms with van der Waals surface area (Å²) < 4.78 is 23.7. The van der Waals surface area contributed by atoms with Crippen LogP contribution < -0.4 is 0 Å². The van der Waals surface area contributed by atoms with E-state index in [1.54, 1.807) is 0 Å². The lowest BCUT2D eigenvalue weighted by Gasteiger charge is -2.26. The van der Waals surface area contributed by atoms with Crippen molar-refractivity contribution in [3.8, 4) is 0 Å². The number of nitrogens with zero attached hydrogens (tertiary/aromatic N) is 1. The van der Waals surface area contributed by atoms with Crippen molar-refractivity contribution in [2.24, 2.45) is 0 Å². The Kier molecular flexibility index (Phi) is 5.81. The van der Waals surface area contributed by atoms with E-state index in [1.807, 2.05) is 0 Å². The molecule has 0 fully saturated rings. The van der Waals surface area contributed by atoms with Gasteiger partial charge in [-0.05, 0) is 17.7 Å². The summed E-state index contributed by atoms with van der Waals surface area (Å²) in [7, 11) is 1.73. The zero-order valence-corrected chi connectivity index (χ0v) is 12.5. The lowest BCUT2D eigenvalue weighted by Crippen LogP contribution is -2.51. The topological polar surface area (TPSA) is 95.7 Å². The molecule has 1 aromatic carbocycles. The zero-order valence-electron chi connectivity index (χ0n) is 11.7. The van der Waals surface area contributed by atoms with E-state index in [0.29, 0.717) is 5.02 Å². The average Bonchev–Trinajstić information content (AvgIpc) is 2.50. The molecule has 0 aliphatic heterocycles. The Balaban J connectivity index is 3.44. The van der Waals surface area contributed by atoms with Crippen molar-refractivity contribution in [1.82, 2.24) is 0 Å². The summed E-state index contributed by atoms with van der Waals surface area (Å²) in [5.41, 5.74) is -3.30. The number of ether oxygens (including phenoxy) is 2. The molecule has 0 aliphatic carbocycles. The molecule has 0 saturated heterocycles. The zero-order chi connectivity index (χ0) is 16.9. The molecule has 0 aromatic heterocycles. The SMILES string of the molecule is COC(=O)C(F)(C(=O)OC)[C@@H](C[N+](=O)[O-])c1ccc(Cl)cc1. The van der Waals surface area contributed by atoms with Gasteiger partial charge in [0.05, 0.1) is 14.2 Å². The lowest BCUT2D eigenvalue weighted by molar-refractivity contribution is -0.485. The number of alkyl halides is 1. The highest BCUT2D eigenvalue weighted by atomic mass is 35.5. The molecule has 0 bridgehead atoms. The Hall–Kier alpha value is -2.22. The average molecular weight is 334 g/mol. The van der Waals surface area contributed by atoms with E-state index in [-0.39, 0.29) is 5.56 Å². The van der Waals surface area contributed by atoms with Crippen molar-refractivity contribution >= 4 is 23.5 Å². The van der Waals surface area contributed by atoms with Gasteiger partial charge in [0.2, 0.25) is 6.54 Å². The van der Waals surface area contributed by atoms with Crippen molar-refractivity contribution in [2.45, 2.75) is 11.6 Å². The van der Waals surface area contributed by atoms with Gasteiger partial charge in [0, 0.05) is 9.95 Å². The van der Waals surface area contributed by atoms with E-state index in [1.165, 1.54) is 24.3 Å². The van der Waals surface area contributed by atoms with Crippen LogP contribution >= 0.6 is 11.6 Å². The van der Waals surface area contributed by atoms with Crippen LogP contribution in [0.25, 0.3) is 0 Å². The Morgan fingerprint density at radius 1 is 1.27 bits per heavy atom. The largest absolute Gasteiger partial charge is 0.466 e. The summed E-state index contributed by atoms with van der Waals surface area (Å²) in [5.74, 6) is -4.86. The predicted molar refractivity (Wildman–Crippen MR) is 73.9 cm³/mol. The van der Waals surface area contributed by atoms with Crippen molar-refractivity contribution in [3.05, 3.63) is 45.0 Å². The third-order valence-electron chi connectivity index (χ3n) is 3.05. The van der Waals surface area contributed by atoms with Crippen LogP contribution in [0, 0.1) is 10.1 Å². The number of nitro groups is 1. The van der Waals surface area contributed by atoms with Gasteiger partial charge >= 0.3 is 17.6 Å². The first-order chi connectivity index (χ1) is 10.3. The molecule has 22 heavy (non-hydrogen) atoms. The second kappa shape index (κ2) is 7.17. The molecular formula is C13H13ClFNO6. The second-order valence-corrected chi connectivity index (χ2v) is 4.75. The van der Waals surface area contributed by atoms with E-state index < -0.39 is 35.0 Å². The van der Waals surface area contributed by atoms with E-state index in [9.17, 15) is 19.7 Å². The highest BCUT2D eigenvalue weighted by Crippen LogP contribution is 2.35. The Labute approximate surface area is 130 Å². The number of benzene rings is 1. The molecule has 0 aliphatic rings. The minimum atomic E-state index is -3.34. The van der Waals surface area contributed by atoms with Gasteiger partial charge < -0.3 is 9.47 Å². The molecule has 0 amide bonds. The van der Waals surface area contributed by atoms with Crippen molar-refractivity contribution in [2.75, 3.05) is 20.8 Å². The monoisotopic (exact) mass is 333 g/mol. The third-order valence-corrected chi connectivity index (χ3v) is 3.30. The summed E-state index contributed by atoms with van der Waals surface area (Å²) >= 11 is 5.71. The molecule has 120 valence electrons. The van der Waals surface area contributed by atoms with E-state index in [4.69, 9.17) is 11.6 Å². The quantitative estimate of drug-likeness (QED) is 0.340. The first kappa shape index (κ1) is 17.8. The number of rotatable bonds is 6. The maximum Gasteiger partial charge on any atom is 0.356 e. The fourth-order valence-corrected chi connectivity index (χ4v) is 2.10. The normalized spacial score (nSPS) is 12.4. The summed E-state index contributed by atoms with van der Waals surface area (Å²) in [6.45, 7) is -1.01. The van der Waals surface area contributed by atoms with Crippen LogP contribution in [-0.4, -0.2) is 43.3 Å². The highest BCUT2D eigenvalue weighted by Gasteiger charge is 2.58. The fourth-order valence-electron chi connectivity index (χ4n) is 1.97. The van der Waals surface area contributed by atoms with E-state index in [2.05, 4.69) is 9.47 Å². The third kappa shape index (κ3) is 3.51. The highest BCUT2D eigenvalue weighted by molar-refractivity contribution is 6.30. The Morgan fingerprint density at radius 3 is 2.09 bits per heavy atom. The number of hydrogen-bond acceptors (Lipinski definition) is 6. The molecule has 0 unspecified atom stereocenters. The summed E-state index contributed by atoms with van der Waals surface area (Å²) in [6.07, 6.45) is 0. The van der Waals surface area contributed by atoms with Crippen LogP contribution in [0.5, 0.6) is 0 Å². The van der Waals surface area contributed by atoms with Gasteiger partial charge in [0.15, 0.2) is 0 Å². The molecule has 1 atom stereocenters. The lowest BCUT2D eigenvalue weighted by atomic mass is 9.83. The molecule has 0 radical (unpaired) electrons. The van der Waals surface area contributed by atoms with Gasteiger partial charge in [-0.25, -0.2) is 14.0 Å². The molecule has 0 N–H and O–H groups in total. The standard InChI is InChI=1S/C13H13ClFNO6/c1-21-11(17)13(15,12(18)22-2)10(7-16(19)20)8-3-5-9(14)6-4-8/h3-6,10H,7H2,1-2H3/t10-/m0/s1. The molecule has 1 rings (SSSR count). The molecule has 0 saturated carbocycles. The fraction of sp³-hybridized carbons (Fsp3) is 0.385. The molecular weight excluding hydrogens is 321 g/mol. The van der Waals surface area contributed by atoms with Gasteiger partial charge in [-0.15, -0.1) is 0 Å². The van der Waals surface area contributed by atoms with Crippen LogP contribution in [0.2, 0.25) is 5.02 Å². The van der Waals surface area contributed by atoms with Crippen molar-refractivity contribution in [1.29, 1.82) is 0 Å². The molecule has 0 heterocycles. The van der Waals surface area contributed by atoms with Crippen LogP contribution in [0.1, 0.15) is 11.5 Å². The van der Waals surface area contributed by atoms with Gasteiger partial charge in [-0.3, -0.25) is 10.1 Å². The minimum absolute atomic E-state index is 0.0411. The number of carbonyl (C=O) groups is 2. The van der Waals surface area contributed by atoms with Gasteiger partial charge in [-0.1, -0.05) is 23.7 Å². The number of carbonyl (C=O) groups excluding carboxylic acids is 2. The van der Waals surface area contributed by atoms with Gasteiger partial charge in [-0.2, -0.15) is 0 Å². The maximum atomic E-state index is 15.1. The Bertz CT molecular complexity index is 560. The van der Waals surface area contributed by atoms with Crippen LogP contribution in [0.15, 0.2) is 24.3 Å². The van der Waals surface area contributed by atoms with E-state index >= 15 is 4.39 Å². The van der Waals surface area contributed by atoms with Crippen molar-refractivity contribution < 1.29 is 28.4 Å². The predicted octanol–water partition coefficient (Wildman–Crippen LogP) is 1.75. The summed E-state index contributed by atoms with van der Waals surface area (Å²) in [4.78, 5) is 33.5. The smallest absolute Gasteiger partial charge is 0.356 e. The number of esters is 2. The Morgan fingerprint density at radius 2 is 1.73 bits per heavy atom. The molecule has 1 aromatic rings. The summed E-state index contributed by atoms with van der Waals surface area (Å²) in [6, 6.07) is 5.30. The first-order valence-corrected chi connectivity index (χ1v) is 6.38. The van der Waals surface area contributed by atoms with Crippen LogP contribution in [0.3, 0.4) is 0 Å². The minimum Gasteiger partial charge on any atom is -0.466 e. The van der Waals surface area contributed by atoms with Gasteiger partial charge in [0.25, 0.3) is 0 Å². The first-order valence-electron chi connectivity index (χ1n) is 6.00. The number of methoxy groups -OCH3 is 2. The molecule has 0 spiro atoms. The number of halogens is 2. The maximum absolute atomic E-state index is 15.1. The van der Waals surface area contributed by atoms with E-state index in [0.717, 1.165) is 14.2 Å². The van der Waals surface area contributed by atoms with Gasteiger partial charge in [0.1, 0.15) is 5.92 Å². The summed E-state index contributed by atoms with van der Waals surface area (Å²) in [5, 5.41) is 11.1. The number of hydrogen-bond donors (Lipinski definition) is 0. The molecule has 7 nitrogen and oxygen atoms in total. The van der Waals surface area contributed by atoms with Crippen LogP contribution in [0.4, 0.5) is 4.39 Å². The van der Waals surface area contributed by atoms with Crippen LogP contribution in [-0.2, 0) is 19.1 Å².